The molecule has 0 amide bonds. The summed E-state index contributed by atoms with van der Waals surface area (Å²) in [6.45, 7) is 0. The smallest absolute Gasteiger partial charge is 0.279 e. The van der Waals surface area contributed by atoms with E-state index in [0.29, 0.717) is 16.8 Å². The van der Waals surface area contributed by atoms with Crippen LogP contribution in [0.25, 0.3) is 33.5 Å². The van der Waals surface area contributed by atoms with Crippen LogP contribution < -0.4 is 5.56 Å². The van der Waals surface area contributed by atoms with Crippen LogP contribution in [0.5, 0.6) is 0 Å². The molecule has 6 aromatic rings. The molecule has 4 aromatic carbocycles. The summed E-state index contributed by atoms with van der Waals surface area (Å²) in [5, 5.41) is 16.3. The third-order valence-corrected chi connectivity index (χ3v) is 6.04. The molecule has 0 bridgehead atoms. The number of nitrogens with zero attached hydrogens (tertiary/aromatic N) is 5. The summed E-state index contributed by atoms with van der Waals surface area (Å²) < 4.78 is 2.60. The first kappa shape index (κ1) is 21.2. The van der Waals surface area contributed by atoms with Crippen molar-refractivity contribution >= 4 is 22.3 Å². The molecule has 0 N–H and O–H groups in total. The van der Waals surface area contributed by atoms with Gasteiger partial charge in [0.1, 0.15) is 11.6 Å². The van der Waals surface area contributed by atoms with E-state index in [1.54, 1.807) is 24.3 Å². The molecule has 2 aromatic heterocycles. The molecular weight excluding hydrogens is 450 g/mol. The molecule has 170 valence electrons. The molecule has 0 atom stereocenters. The van der Waals surface area contributed by atoms with Crippen LogP contribution in [0.4, 0.5) is 0 Å². The largest absolute Gasteiger partial charge is 0.285 e. The van der Waals surface area contributed by atoms with E-state index in [1.165, 1.54) is 4.68 Å². The summed E-state index contributed by atoms with van der Waals surface area (Å²) in [4.78, 5) is 32.1. The third-order valence-electron chi connectivity index (χ3n) is 6.04. The van der Waals surface area contributed by atoms with Crippen molar-refractivity contribution in [2.75, 3.05) is 0 Å². The van der Waals surface area contributed by atoms with E-state index in [4.69, 9.17) is 0 Å². The van der Waals surface area contributed by atoms with Gasteiger partial charge in [-0.15, -0.1) is 5.10 Å². The van der Waals surface area contributed by atoms with Crippen molar-refractivity contribution in [3.63, 3.8) is 0 Å². The van der Waals surface area contributed by atoms with Gasteiger partial charge < -0.3 is 0 Å². The average molecular weight is 467 g/mol. The van der Waals surface area contributed by atoms with Crippen molar-refractivity contribution in [1.29, 1.82) is 5.26 Å². The Morgan fingerprint density at radius 2 is 1.47 bits per heavy atom. The van der Waals surface area contributed by atoms with Gasteiger partial charge in [0.2, 0.25) is 17.4 Å². The number of hydrogen-bond donors (Lipinski definition) is 0. The second-order valence-corrected chi connectivity index (χ2v) is 8.22. The van der Waals surface area contributed by atoms with Gasteiger partial charge >= 0.3 is 0 Å². The summed E-state index contributed by atoms with van der Waals surface area (Å²) in [5.74, 6) is -0.411. The van der Waals surface area contributed by atoms with Gasteiger partial charge in [-0.3, -0.25) is 9.59 Å². The molecule has 36 heavy (non-hydrogen) atoms. The first-order valence-corrected chi connectivity index (χ1v) is 11.3. The van der Waals surface area contributed by atoms with Crippen LogP contribution in [0.2, 0.25) is 0 Å². The lowest BCUT2D eigenvalue weighted by Crippen LogP contribution is -2.23. The third kappa shape index (κ3) is 3.37. The minimum Gasteiger partial charge on any atom is -0.285 e. The quantitative estimate of drug-likeness (QED) is 0.347. The number of fused-ring (bicyclic) bond motifs is 2. The highest BCUT2D eigenvalue weighted by Crippen LogP contribution is 2.23. The lowest BCUT2D eigenvalue weighted by Gasteiger charge is -2.06. The summed E-state index contributed by atoms with van der Waals surface area (Å²) in [6.07, 6.45) is 0. The summed E-state index contributed by atoms with van der Waals surface area (Å²) in [7, 11) is 0. The van der Waals surface area contributed by atoms with Gasteiger partial charge in [0.15, 0.2) is 0 Å². The number of ketones is 1. The Balaban J connectivity index is 1.66. The van der Waals surface area contributed by atoms with Crippen LogP contribution in [-0.4, -0.2) is 24.9 Å². The fourth-order valence-corrected chi connectivity index (χ4v) is 4.28. The van der Waals surface area contributed by atoms with Crippen molar-refractivity contribution < 1.29 is 4.79 Å². The summed E-state index contributed by atoms with van der Waals surface area (Å²) in [6, 6.07) is 33.2. The standard InChI is InChI=1S/C29H17N5O2/c30-18-24-25(20-10-3-1-4-11-20)31-29-33(28(24)36)27(32-34(29)23-13-5-2-6-14-23)26(35)22-16-15-19-9-7-8-12-21(19)17-22/h1-17H. The Hall–Kier alpha value is -5.35. The highest BCUT2D eigenvalue weighted by molar-refractivity contribution is 6.09. The first-order chi connectivity index (χ1) is 17.7. The minimum absolute atomic E-state index is 0.113. The Kier molecular flexibility index (Phi) is 4.98. The van der Waals surface area contributed by atoms with Crippen LogP contribution >= 0.6 is 0 Å². The number of para-hydroxylation sites is 1. The Morgan fingerprint density at radius 3 is 2.19 bits per heavy atom. The van der Waals surface area contributed by atoms with Crippen LogP contribution in [-0.2, 0) is 0 Å². The molecule has 7 heteroatoms. The zero-order chi connectivity index (χ0) is 24.6. The molecule has 0 radical (unpaired) electrons. The van der Waals surface area contributed by atoms with E-state index in [1.807, 2.05) is 84.9 Å². The Labute approximate surface area is 205 Å². The van der Waals surface area contributed by atoms with Crippen molar-refractivity contribution in [2.24, 2.45) is 0 Å². The second kappa shape index (κ2) is 8.46. The minimum atomic E-state index is -0.646. The Bertz CT molecular complexity index is 1880. The van der Waals surface area contributed by atoms with E-state index < -0.39 is 11.3 Å². The van der Waals surface area contributed by atoms with Crippen molar-refractivity contribution in [2.45, 2.75) is 0 Å². The van der Waals surface area contributed by atoms with E-state index in [9.17, 15) is 14.9 Å². The molecule has 6 rings (SSSR count). The normalized spacial score (nSPS) is 11.0. The molecule has 0 fully saturated rings. The van der Waals surface area contributed by atoms with Crippen LogP contribution in [0.3, 0.4) is 0 Å². The summed E-state index contributed by atoms with van der Waals surface area (Å²) >= 11 is 0. The molecule has 0 aliphatic heterocycles. The van der Waals surface area contributed by atoms with E-state index in [-0.39, 0.29) is 22.9 Å². The van der Waals surface area contributed by atoms with Crippen molar-refractivity contribution in [3.05, 3.63) is 130 Å². The molecule has 0 saturated heterocycles. The average Bonchev–Trinajstić information content (AvgIpc) is 3.33. The molecule has 0 spiro atoms. The van der Waals surface area contributed by atoms with Gasteiger partial charge in [0, 0.05) is 11.1 Å². The lowest BCUT2D eigenvalue weighted by molar-refractivity contribution is 0.102. The van der Waals surface area contributed by atoms with Crippen molar-refractivity contribution in [1.82, 2.24) is 19.2 Å². The highest BCUT2D eigenvalue weighted by Gasteiger charge is 2.25. The maximum atomic E-state index is 13.7. The van der Waals surface area contributed by atoms with Gasteiger partial charge in [-0.05, 0) is 29.0 Å². The molecule has 0 unspecified atom stereocenters. The van der Waals surface area contributed by atoms with E-state index in [2.05, 4.69) is 10.1 Å². The maximum absolute atomic E-state index is 13.7. The van der Waals surface area contributed by atoms with Gasteiger partial charge in [0.25, 0.3) is 5.56 Å². The molecule has 2 heterocycles. The molecule has 0 aliphatic rings. The monoisotopic (exact) mass is 467 g/mol. The fraction of sp³-hybridized carbons (Fsp3) is 0. The van der Waals surface area contributed by atoms with Gasteiger partial charge in [-0.1, -0.05) is 84.9 Å². The van der Waals surface area contributed by atoms with Gasteiger partial charge in [-0.25, -0.2) is 9.38 Å². The number of benzene rings is 4. The zero-order valence-corrected chi connectivity index (χ0v) is 18.9. The predicted molar refractivity (Wildman–Crippen MR) is 136 cm³/mol. The van der Waals surface area contributed by atoms with Crippen molar-refractivity contribution in [3.8, 4) is 23.0 Å². The predicted octanol–water partition coefficient (Wildman–Crippen LogP) is 4.80. The van der Waals surface area contributed by atoms with Gasteiger partial charge in [0.05, 0.1) is 11.4 Å². The number of carbonyl (C=O) groups excluding carboxylic acids is 1. The molecule has 0 aliphatic carbocycles. The van der Waals surface area contributed by atoms with E-state index >= 15 is 0 Å². The molecular formula is C29H17N5O2. The summed E-state index contributed by atoms with van der Waals surface area (Å²) in [5.41, 5.74) is 1.07. The van der Waals surface area contributed by atoms with Gasteiger partial charge in [-0.2, -0.15) is 9.94 Å². The zero-order valence-electron chi connectivity index (χ0n) is 18.9. The van der Waals surface area contributed by atoms with E-state index in [0.717, 1.165) is 15.2 Å². The number of hydrogen-bond acceptors (Lipinski definition) is 5. The first-order valence-electron chi connectivity index (χ1n) is 11.3. The highest BCUT2D eigenvalue weighted by atomic mass is 16.1. The number of nitriles is 1. The van der Waals surface area contributed by atoms with Crippen LogP contribution in [0.1, 0.15) is 21.7 Å². The number of rotatable bonds is 4. The number of aromatic nitrogens is 4. The Morgan fingerprint density at radius 1 is 0.806 bits per heavy atom. The molecule has 7 nitrogen and oxygen atoms in total. The van der Waals surface area contributed by atoms with Crippen LogP contribution in [0.15, 0.2) is 108 Å². The molecule has 0 saturated carbocycles. The second-order valence-electron chi connectivity index (χ2n) is 8.22. The number of carbonyl (C=O) groups is 1. The fourth-order valence-electron chi connectivity index (χ4n) is 4.28. The maximum Gasteiger partial charge on any atom is 0.279 e. The lowest BCUT2D eigenvalue weighted by atomic mass is 10.0. The SMILES string of the molecule is N#Cc1c(-c2ccccc2)nc2n(-c3ccccc3)nc(C(=O)c3ccc4ccccc4c3)n2c1=O. The van der Waals surface area contributed by atoms with Crippen LogP contribution in [0, 0.1) is 11.3 Å². The topological polar surface area (TPSA) is 93.0 Å².